The number of carbonyl (C=O) groups is 2. The summed E-state index contributed by atoms with van der Waals surface area (Å²) in [6.07, 6.45) is 0.749. The van der Waals surface area contributed by atoms with E-state index in [1.165, 1.54) is 28.5 Å². The van der Waals surface area contributed by atoms with E-state index >= 15 is 0 Å². The van der Waals surface area contributed by atoms with Crippen LogP contribution in [0.1, 0.15) is 40.9 Å². The zero-order chi connectivity index (χ0) is 19.3. The Morgan fingerprint density at radius 2 is 1.81 bits per heavy atom. The minimum Gasteiger partial charge on any atom is -0.480 e. The summed E-state index contributed by atoms with van der Waals surface area (Å²) in [5.41, 5.74) is 4.17. The molecule has 26 heavy (non-hydrogen) atoms. The van der Waals surface area contributed by atoms with Gasteiger partial charge in [0.05, 0.1) is 5.56 Å². The Bertz CT molecular complexity index is 804. The van der Waals surface area contributed by atoms with Crippen molar-refractivity contribution in [1.29, 1.82) is 0 Å². The maximum atomic E-state index is 12.7. The summed E-state index contributed by atoms with van der Waals surface area (Å²) >= 11 is 1.18. The fraction of sp³-hybridized carbons (Fsp3) is 0.333. The van der Waals surface area contributed by atoms with Crippen molar-refractivity contribution in [2.45, 2.75) is 50.3 Å². The van der Waals surface area contributed by atoms with Crippen LogP contribution in [0.4, 0.5) is 0 Å². The molecule has 0 saturated carbocycles. The van der Waals surface area contributed by atoms with Crippen molar-refractivity contribution in [2.24, 2.45) is 0 Å². The predicted molar refractivity (Wildman–Crippen MR) is 106 cm³/mol. The van der Waals surface area contributed by atoms with Gasteiger partial charge in [0.2, 0.25) is 0 Å². The van der Waals surface area contributed by atoms with Gasteiger partial charge >= 0.3 is 5.97 Å². The molecule has 2 rings (SSSR count). The normalized spacial score (nSPS) is 13.1. The predicted octanol–water partition coefficient (Wildman–Crippen LogP) is 4.23. The third kappa shape index (κ3) is 5.36. The first-order valence-electron chi connectivity index (χ1n) is 8.63. The lowest BCUT2D eigenvalue weighted by Gasteiger charge is -2.17. The van der Waals surface area contributed by atoms with Gasteiger partial charge in [0, 0.05) is 10.9 Å². The van der Waals surface area contributed by atoms with Crippen LogP contribution in [-0.2, 0) is 11.2 Å². The van der Waals surface area contributed by atoms with Crippen LogP contribution in [0.5, 0.6) is 0 Å². The summed E-state index contributed by atoms with van der Waals surface area (Å²) in [7, 11) is 0. The molecule has 0 aliphatic heterocycles. The summed E-state index contributed by atoms with van der Waals surface area (Å²) in [5.74, 6) is -1.07. The third-order valence-corrected chi connectivity index (χ3v) is 5.35. The van der Waals surface area contributed by atoms with Gasteiger partial charge in [0.15, 0.2) is 0 Å². The number of benzene rings is 2. The highest BCUT2D eigenvalue weighted by Crippen LogP contribution is 2.27. The van der Waals surface area contributed by atoms with Crippen LogP contribution < -0.4 is 5.32 Å². The fourth-order valence-electron chi connectivity index (χ4n) is 2.76. The largest absolute Gasteiger partial charge is 0.480 e. The summed E-state index contributed by atoms with van der Waals surface area (Å²) in [6.45, 7) is 7.74. The molecule has 0 radical (unpaired) electrons. The van der Waals surface area contributed by atoms with Crippen molar-refractivity contribution >= 4 is 23.6 Å². The lowest BCUT2D eigenvalue weighted by molar-refractivity contribution is -0.136. The number of carbonyl (C=O) groups excluding carboxylic acids is 1. The van der Waals surface area contributed by atoms with E-state index in [0.29, 0.717) is 10.5 Å². The van der Waals surface area contributed by atoms with Gasteiger partial charge in [-0.05, 0) is 57.4 Å². The minimum atomic E-state index is -0.895. The van der Waals surface area contributed by atoms with Crippen molar-refractivity contribution in [3.8, 4) is 0 Å². The zero-order valence-electron chi connectivity index (χ0n) is 15.6. The van der Waals surface area contributed by atoms with Gasteiger partial charge < -0.3 is 10.4 Å². The molecule has 1 amide bonds. The molecule has 2 unspecified atom stereocenters. The second-order valence-electron chi connectivity index (χ2n) is 6.60. The van der Waals surface area contributed by atoms with Gasteiger partial charge in [-0.15, -0.1) is 11.8 Å². The van der Waals surface area contributed by atoms with Crippen LogP contribution in [0, 0.1) is 13.8 Å². The van der Waals surface area contributed by atoms with Crippen molar-refractivity contribution in [2.75, 3.05) is 0 Å². The second kappa shape index (κ2) is 8.90. The number of rotatable bonds is 7. The van der Waals surface area contributed by atoms with Gasteiger partial charge in [-0.25, -0.2) is 0 Å². The molecular weight excluding hydrogens is 346 g/mol. The van der Waals surface area contributed by atoms with E-state index in [4.69, 9.17) is 5.11 Å². The first kappa shape index (κ1) is 20.0. The SMILES string of the molecule is Cc1ccc(CC(C)NC(=O)c2ccccc2SC(C)C(=O)O)c(C)c1. The highest BCUT2D eigenvalue weighted by Gasteiger charge is 2.19. The molecule has 0 fully saturated rings. The monoisotopic (exact) mass is 371 g/mol. The second-order valence-corrected chi connectivity index (χ2v) is 7.99. The molecule has 0 bridgehead atoms. The van der Waals surface area contributed by atoms with Gasteiger partial charge in [-0.1, -0.05) is 35.9 Å². The number of amides is 1. The molecule has 0 saturated heterocycles. The standard InChI is InChI=1S/C21H25NO3S/c1-13-9-10-17(14(2)11-13)12-15(3)22-20(23)18-7-5-6-8-19(18)26-16(4)21(24)25/h5-11,15-16H,12H2,1-4H3,(H,22,23)(H,24,25). The highest BCUT2D eigenvalue weighted by molar-refractivity contribution is 8.00. The summed E-state index contributed by atoms with van der Waals surface area (Å²) < 4.78 is 0. The Kier molecular flexibility index (Phi) is 6.86. The number of carboxylic acid groups (broad SMARTS) is 1. The van der Waals surface area contributed by atoms with Crippen molar-refractivity contribution in [3.05, 3.63) is 64.7 Å². The Morgan fingerprint density at radius 3 is 2.46 bits per heavy atom. The smallest absolute Gasteiger partial charge is 0.316 e. The van der Waals surface area contributed by atoms with Crippen LogP contribution in [0.2, 0.25) is 0 Å². The van der Waals surface area contributed by atoms with E-state index in [9.17, 15) is 9.59 Å². The highest BCUT2D eigenvalue weighted by atomic mass is 32.2. The molecule has 0 heterocycles. The maximum Gasteiger partial charge on any atom is 0.316 e. The van der Waals surface area contributed by atoms with Gasteiger partial charge in [-0.3, -0.25) is 9.59 Å². The van der Waals surface area contributed by atoms with Crippen molar-refractivity contribution in [1.82, 2.24) is 5.32 Å². The number of nitrogens with one attached hydrogen (secondary N) is 1. The molecule has 2 aromatic rings. The number of thioether (sulfide) groups is 1. The van der Waals surface area contributed by atoms with Crippen LogP contribution in [0.15, 0.2) is 47.4 Å². The van der Waals surface area contributed by atoms with Crippen molar-refractivity contribution in [3.63, 3.8) is 0 Å². The molecule has 2 aromatic carbocycles. The molecule has 0 aromatic heterocycles. The maximum absolute atomic E-state index is 12.7. The lowest BCUT2D eigenvalue weighted by Crippen LogP contribution is -2.34. The Hall–Kier alpha value is -2.27. The number of hydrogen-bond acceptors (Lipinski definition) is 3. The molecule has 5 heteroatoms. The summed E-state index contributed by atoms with van der Waals surface area (Å²) in [4.78, 5) is 24.5. The molecular formula is C21H25NO3S. The molecule has 2 N–H and O–H groups in total. The van der Waals surface area contributed by atoms with Gasteiger partial charge in [-0.2, -0.15) is 0 Å². The molecule has 4 nitrogen and oxygen atoms in total. The average Bonchev–Trinajstić information content (AvgIpc) is 2.57. The van der Waals surface area contributed by atoms with Crippen molar-refractivity contribution < 1.29 is 14.7 Å². The van der Waals surface area contributed by atoms with Gasteiger partial charge in [0.25, 0.3) is 5.91 Å². The van der Waals surface area contributed by atoms with E-state index in [1.54, 1.807) is 25.1 Å². The first-order chi connectivity index (χ1) is 12.3. The van der Waals surface area contributed by atoms with Gasteiger partial charge in [0.1, 0.15) is 5.25 Å². The zero-order valence-corrected chi connectivity index (χ0v) is 16.4. The average molecular weight is 372 g/mol. The fourth-order valence-corrected chi connectivity index (χ4v) is 3.68. The minimum absolute atomic E-state index is 0.0288. The number of aryl methyl sites for hydroxylation is 2. The van der Waals surface area contributed by atoms with Crippen LogP contribution in [-0.4, -0.2) is 28.3 Å². The Morgan fingerprint density at radius 1 is 1.12 bits per heavy atom. The third-order valence-electron chi connectivity index (χ3n) is 4.18. The van der Waals surface area contributed by atoms with E-state index in [-0.39, 0.29) is 11.9 Å². The molecule has 0 spiro atoms. The van der Waals surface area contributed by atoms with Crippen LogP contribution >= 0.6 is 11.8 Å². The summed E-state index contributed by atoms with van der Waals surface area (Å²) in [5, 5.41) is 11.5. The van der Waals surface area contributed by atoms with E-state index < -0.39 is 11.2 Å². The van der Waals surface area contributed by atoms with Crippen LogP contribution in [0.3, 0.4) is 0 Å². The lowest BCUT2D eigenvalue weighted by atomic mass is 10.00. The van der Waals surface area contributed by atoms with Crippen LogP contribution in [0.25, 0.3) is 0 Å². The van der Waals surface area contributed by atoms with E-state index in [0.717, 1.165) is 6.42 Å². The Labute approximate surface area is 159 Å². The topological polar surface area (TPSA) is 66.4 Å². The number of aliphatic carboxylic acids is 1. The number of carboxylic acids is 1. The van der Waals surface area contributed by atoms with E-state index in [2.05, 4.69) is 37.4 Å². The molecule has 0 aliphatic carbocycles. The molecule has 2 atom stereocenters. The quantitative estimate of drug-likeness (QED) is 0.715. The molecule has 138 valence electrons. The molecule has 0 aliphatic rings. The number of hydrogen-bond donors (Lipinski definition) is 2. The first-order valence-corrected chi connectivity index (χ1v) is 9.51. The Balaban J connectivity index is 2.08. The summed E-state index contributed by atoms with van der Waals surface area (Å²) in [6, 6.07) is 13.4. The van der Waals surface area contributed by atoms with E-state index in [1.807, 2.05) is 13.0 Å².